The number of rotatable bonds is 8. The molecule has 1 saturated heterocycles. The maximum atomic E-state index is 6.55. The standard InChI is InChI=1S/C68H18N2O2/c69-1-3-71-5-6-72-4-2-70-7-67-63-55-47-37-27-19-11-9-10-13-17-15(11)23-31-25(17)35-29-21(13)22-14(10)18-16-12(9)20(19)28-34-24(16)32-26(18)36-30(22)40-39(29)49-43(35)53-45(31)51(41(47)33(23)27)59(63)61(53)65-57(49)58-50(40)44(36)54-46(32)52-42(34)48(38(28)37)56(55)64(67)60(52)62(54)66(58)68(65,67)8-70/h1-8,69H2. The average molecular weight is 895 g/mol. The van der Waals surface area contributed by atoms with Crippen molar-refractivity contribution in [3.63, 3.8) is 0 Å². The summed E-state index contributed by atoms with van der Waals surface area (Å²) in [4.78, 5) is 2.95. The van der Waals surface area contributed by atoms with Gasteiger partial charge in [-0.15, -0.1) is 0 Å². The maximum absolute atomic E-state index is 6.55. The molecule has 4 nitrogen and oxygen atoms in total. The molecule has 0 atom stereocenters. The van der Waals surface area contributed by atoms with E-state index in [0.717, 1.165) is 26.2 Å². The molecule has 28 aromatic carbocycles. The van der Waals surface area contributed by atoms with Crippen LogP contribution in [0.2, 0.25) is 0 Å². The zero-order valence-electron chi connectivity index (χ0n) is 37.5. The van der Waals surface area contributed by atoms with Gasteiger partial charge in [-0.05, 0) is 313 Å². The SMILES string of the molecule is NCCOCCOCCN1CC23c4c5c6c7c8c9c(c%10c%11c2c2c4c4c%12c5c5c6c6c8c8c%13c9c9c%10c%10c%11c%11c2c2c4c4c%12c%12c5c5c6c8c6c8c%13c9c9c%10c%10c%11c2c2c4c4c%12c5c6c5c8c9c%10c2c45)C73C1. The Morgan fingerprint density at radius 3 is 0.583 bits per heavy atom. The summed E-state index contributed by atoms with van der Waals surface area (Å²) >= 11 is 0. The van der Waals surface area contributed by atoms with Crippen LogP contribution in [0, 0.1) is 0 Å². The first-order valence-electron chi connectivity index (χ1n) is 27.2. The monoisotopic (exact) mass is 894 g/mol. The fraction of sp³-hybridized carbons (Fsp3) is 0.147. The molecule has 312 valence electrons. The largest absolute Gasteiger partial charge is 0.378 e. The summed E-state index contributed by atoms with van der Waals surface area (Å²) in [6.45, 7) is 6.12. The lowest BCUT2D eigenvalue weighted by Crippen LogP contribution is -2.51. The van der Waals surface area contributed by atoms with Gasteiger partial charge in [0.1, 0.15) is 0 Å². The Labute approximate surface area is 394 Å². The van der Waals surface area contributed by atoms with Crippen LogP contribution in [0.25, 0.3) is 291 Å². The smallest absolute Gasteiger partial charge is 0.0701 e. The zero-order valence-corrected chi connectivity index (χ0v) is 37.5. The van der Waals surface area contributed by atoms with Gasteiger partial charge in [-0.25, -0.2) is 0 Å². The summed E-state index contributed by atoms with van der Waals surface area (Å²) in [6.07, 6.45) is 0. The summed E-state index contributed by atoms with van der Waals surface area (Å²) < 4.78 is 12.4. The molecule has 2 spiro atoms. The van der Waals surface area contributed by atoms with Gasteiger partial charge in [-0.2, -0.15) is 0 Å². The van der Waals surface area contributed by atoms with Crippen molar-refractivity contribution in [2.45, 2.75) is 10.8 Å². The molecule has 2 N–H and O–H groups in total. The number of likely N-dealkylation sites (tertiary alicyclic amines) is 1. The first-order valence-corrected chi connectivity index (χ1v) is 27.2. The number of benzene rings is 18. The van der Waals surface area contributed by atoms with E-state index < -0.39 is 0 Å². The lowest BCUT2D eigenvalue weighted by Gasteiger charge is -2.49. The van der Waals surface area contributed by atoms with Crippen molar-refractivity contribution >= 4 is 291 Å². The Morgan fingerprint density at radius 1 is 0.236 bits per heavy atom. The number of nitrogens with two attached hydrogens (primary N) is 1. The van der Waals surface area contributed by atoms with Gasteiger partial charge in [0.05, 0.1) is 37.3 Å². The second kappa shape index (κ2) is 6.71. The molecule has 0 amide bonds. The zero-order chi connectivity index (χ0) is 43.1. The van der Waals surface area contributed by atoms with E-state index in [1.54, 1.807) is 313 Å². The second-order valence-corrected chi connectivity index (χ2v) is 26.3. The van der Waals surface area contributed by atoms with E-state index in [9.17, 15) is 0 Å². The number of ether oxygens (including phenoxy) is 2. The van der Waals surface area contributed by atoms with Crippen molar-refractivity contribution in [2.75, 3.05) is 52.6 Å². The van der Waals surface area contributed by atoms with Gasteiger partial charge in [0.15, 0.2) is 0 Å². The molecule has 4 aliphatic carbocycles. The molecular weight excluding hydrogens is 877 g/mol. The normalized spacial score (nSPS) is 22.6. The van der Waals surface area contributed by atoms with E-state index >= 15 is 0 Å². The van der Waals surface area contributed by atoms with E-state index in [1.807, 2.05) is 0 Å². The molecule has 5 aliphatic rings. The highest BCUT2D eigenvalue weighted by Crippen LogP contribution is 2.85. The third kappa shape index (κ3) is 1.59. The molecule has 0 radical (unpaired) electrons. The quantitative estimate of drug-likeness (QED) is 0.122. The molecular formula is C68H18N2O2. The Balaban J connectivity index is 1.04. The Kier molecular flexibility index (Phi) is 2.65. The fourth-order valence-electron chi connectivity index (χ4n) is 25.6. The molecule has 0 bridgehead atoms. The predicted molar refractivity (Wildman–Crippen MR) is 301 cm³/mol. The molecule has 4 heteroatoms. The van der Waals surface area contributed by atoms with E-state index in [0.29, 0.717) is 26.4 Å². The van der Waals surface area contributed by atoms with Crippen LogP contribution < -0.4 is 5.73 Å². The van der Waals surface area contributed by atoms with Gasteiger partial charge in [0.2, 0.25) is 0 Å². The van der Waals surface area contributed by atoms with Crippen LogP contribution in [-0.2, 0) is 20.3 Å². The van der Waals surface area contributed by atoms with Crippen LogP contribution >= 0.6 is 0 Å². The van der Waals surface area contributed by atoms with Gasteiger partial charge >= 0.3 is 0 Å². The predicted octanol–water partition coefficient (Wildman–Crippen LogP) is 15.6. The minimum atomic E-state index is -0.206. The van der Waals surface area contributed by atoms with Crippen LogP contribution in [0.5, 0.6) is 0 Å². The summed E-state index contributed by atoms with van der Waals surface area (Å²) in [7, 11) is 0. The van der Waals surface area contributed by atoms with E-state index in [1.165, 1.54) is 0 Å². The van der Waals surface area contributed by atoms with E-state index in [4.69, 9.17) is 15.2 Å². The minimum absolute atomic E-state index is 0.206. The highest BCUT2D eigenvalue weighted by Gasteiger charge is 2.72. The topological polar surface area (TPSA) is 47.7 Å². The van der Waals surface area contributed by atoms with Crippen molar-refractivity contribution in [3.05, 3.63) is 22.3 Å². The van der Waals surface area contributed by atoms with Crippen LogP contribution in [0.3, 0.4) is 0 Å². The molecule has 0 aromatic heterocycles. The van der Waals surface area contributed by atoms with Crippen LogP contribution in [0.1, 0.15) is 22.3 Å². The van der Waals surface area contributed by atoms with Gasteiger partial charge in [0.25, 0.3) is 0 Å². The Morgan fingerprint density at radius 2 is 0.403 bits per heavy atom. The summed E-state index contributed by atoms with van der Waals surface area (Å²) in [5.74, 6) is 0. The lowest BCUT2D eigenvalue weighted by molar-refractivity contribution is 0.0428. The molecule has 33 rings (SSSR count). The third-order valence-corrected chi connectivity index (χ3v) is 25.8. The fourth-order valence-corrected chi connectivity index (χ4v) is 25.6. The first-order chi connectivity index (χ1) is 35.9. The number of hydrogen-bond acceptors (Lipinski definition) is 4. The third-order valence-electron chi connectivity index (χ3n) is 25.8. The minimum Gasteiger partial charge on any atom is -0.378 e. The first kappa shape index (κ1) is 28.4. The van der Waals surface area contributed by atoms with Gasteiger partial charge < -0.3 is 15.2 Å². The van der Waals surface area contributed by atoms with Crippen LogP contribution in [0.4, 0.5) is 0 Å². The van der Waals surface area contributed by atoms with Crippen LogP contribution in [-0.4, -0.2) is 57.5 Å². The molecule has 1 heterocycles. The van der Waals surface area contributed by atoms with Gasteiger partial charge in [-0.1, -0.05) is 0 Å². The molecule has 1 aliphatic heterocycles. The second-order valence-electron chi connectivity index (χ2n) is 26.3. The Bertz CT molecular complexity index is 6560. The number of hydrogen-bond donors (Lipinski definition) is 1. The number of nitrogens with zero attached hydrogens (tertiary/aromatic N) is 1. The highest BCUT2D eigenvalue weighted by molar-refractivity contribution is 6.82. The Hall–Kier alpha value is -7.70. The molecule has 1 fully saturated rings. The molecule has 72 heavy (non-hydrogen) atoms. The van der Waals surface area contributed by atoms with Crippen molar-refractivity contribution in [2.24, 2.45) is 5.73 Å². The van der Waals surface area contributed by atoms with Crippen molar-refractivity contribution in [3.8, 4) is 0 Å². The van der Waals surface area contributed by atoms with Gasteiger partial charge in [-0.3, -0.25) is 4.90 Å². The van der Waals surface area contributed by atoms with Gasteiger partial charge in [0, 0.05) is 26.2 Å². The van der Waals surface area contributed by atoms with E-state index in [2.05, 4.69) is 4.90 Å². The maximum Gasteiger partial charge on any atom is 0.0701 e. The van der Waals surface area contributed by atoms with E-state index in [-0.39, 0.29) is 10.8 Å². The molecule has 0 unspecified atom stereocenters. The molecule has 28 aromatic rings. The average Bonchev–Trinajstić information content (AvgIpc) is 4.42. The lowest BCUT2D eigenvalue weighted by atomic mass is 9.50. The highest BCUT2D eigenvalue weighted by atomic mass is 16.5. The van der Waals surface area contributed by atoms with Crippen molar-refractivity contribution in [1.82, 2.24) is 4.90 Å². The summed E-state index contributed by atoms with van der Waals surface area (Å²) in [5, 5.41) is 90.2. The van der Waals surface area contributed by atoms with Crippen LogP contribution in [0.15, 0.2) is 0 Å². The summed E-state index contributed by atoms with van der Waals surface area (Å²) in [5.41, 5.74) is 12.5. The van der Waals surface area contributed by atoms with Crippen molar-refractivity contribution in [1.29, 1.82) is 0 Å². The summed E-state index contributed by atoms with van der Waals surface area (Å²) in [6, 6.07) is 0. The van der Waals surface area contributed by atoms with Crippen molar-refractivity contribution < 1.29 is 9.47 Å². The molecule has 0 saturated carbocycles.